The van der Waals surface area contributed by atoms with Gasteiger partial charge in [-0.25, -0.2) is 4.79 Å². The molecule has 4 fully saturated rings. The Morgan fingerprint density at radius 1 is 0.983 bits per heavy atom. The number of carbonyl (C=O) groups excluding carboxylic acids is 4. The molecule has 2 N–H and O–H groups in total. The van der Waals surface area contributed by atoms with Crippen LogP contribution in [0.15, 0.2) is 60.7 Å². The Labute approximate surface area is 348 Å². The summed E-state index contributed by atoms with van der Waals surface area (Å²) < 4.78 is 61.7. The summed E-state index contributed by atoms with van der Waals surface area (Å²) >= 11 is 0. The third kappa shape index (κ3) is 10.0. The molecular formula is C44H56F3N3O10. The maximum Gasteiger partial charge on any atom is 0.422 e. The number of hydrogen-bond donors (Lipinski definition) is 2. The Morgan fingerprint density at radius 3 is 2.28 bits per heavy atom. The van der Waals surface area contributed by atoms with Crippen molar-refractivity contribution in [3.05, 3.63) is 77.4 Å². The van der Waals surface area contributed by atoms with E-state index in [4.69, 9.17) is 19.0 Å². The van der Waals surface area contributed by atoms with E-state index in [1.165, 1.54) is 16.0 Å². The van der Waals surface area contributed by atoms with Gasteiger partial charge < -0.3 is 34.3 Å². The number of aliphatic hydroxyl groups is 1. The van der Waals surface area contributed by atoms with Crippen LogP contribution in [-0.4, -0.2) is 114 Å². The van der Waals surface area contributed by atoms with Crippen LogP contribution in [0.4, 0.5) is 13.2 Å². The van der Waals surface area contributed by atoms with Gasteiger partial charge in [-0.1, -0.05) is 94.1 Å². The largest absolute Gasteiger partial charge is 0.458 e. The number of fused-ring (bicyclic) bond motifs is 4. The highest BCUT2D eigenvalue weighted by Crippen LogP contribution is 2.58. The van der Waals surface area contributed by atoms with Crippen molar-refractivity contribution in [2.24, 2.45) is 5.41 Å². The predicted molar refractivity (Wildman–Crippen MR) is 211 cm³/mol. The van der Waals surface area contributed by atoms with Crippen LogP contribution in [0.3, 0.4) is 0 Å². The zero-order chi connectivity index (χ0) is 43.1. The van der Waals surface area contributed by atoms with Gasteiger partial charge in [0.05, 0.1) is 13.2 Å². The Hall–Kier alpha value is -4.35. The normalized spacial score (nSPS) is 26.1. The molecular weight excluding hydrogens is 787 g/mol. The molecule has 3 aliphatic heterocycles. The van der Waals surface area contributed by atoms with Crippen LogP contribution in [0, 0.1) is 5.41 Å². The summed E-state index contributed by atoms with van der Waals surface area (Å²) in [7, 11) is 1.55. The molecule has 2 bridgehead atoms. The molecule has 3 heterocycles. The van der Waals surface area contributed by atoms with E-state index in [1.807, 2.05) is 30.3 Å². The molecule has 7 atom stereocenters. The van der Waals surface area contributed by atoms with E-state index in [9.17, 15) is 32.7 Å². The fourth-order valence-corrected chi connectivity index (χ4v) is 8.97. The fourth-order valence-electron chi connectivity index (χ4n) is 8.97. The third-order valence-corrected chi connectivity index (χ3v) is 11.9. The first kappa shape index (κ1) is 45.2. The molecule has 0 radical (unpaired) electrons. The second-order valence-corrected chi connectivity index (χ2v) is 16.1. The molecule has 328 valence electrons. The fraction of sp³-hybridized carbons (Fsp3) is 0.591. The third-order valence-electron chi connectivity index (χ3n) is 11.9. The molecule has 1 saturated carbocycles. The molecule has 0 aromatic heterocycles. The number of esters is 2. The zero-order valence-electron chi connectivity index (χ0n) is 34.4. The number of hydrogen-bond acceptors (Lipinski definition) is 11. The van der Waals surface area contributed by atoms with Crippen LogP contribution in [0.25, 0.3) is 6.08 Å². The number of benzene rings is 2. The Kier molecular flexibility index (Phi) is 14.7. The summed E-state index contributed by atoms with van der Waals surface area (Å²) in [5.41, 5.74) is 0.388. The topological polar surface area (TPSA) is 153 Å². The number of hydroxylamine groups is 2. The predicted octanol–water partition coefficient (Wildman–Crippen LogP) is 5.42. The first-order chi connectivity index (χ1) is 28.7. The van der Waals surface area contributed by atoms with Crippen LogP contribution in [0.1, 0.15) is 88.3 Å². The van der Waals surface area contributed by atoms with Crippen molar-refractivity contribution < 1.29 is 61.2 Å². The first-order valence-corrected chi connectivity index (χ1v) is 20.9. The Morgan fingerprint density at radius 2 is 1.65 bits per heavy atom. The number of halogens is 3. The number of nitrogens with zero attached hydrogens (tertiary/aromatic N) is 2. The van der Waals surface area contributed by atoms with E-state index >= 15 is 4.79 Å². The van der Waals surface area contributed by atoms with Gasteiger partial charge in [0.2, 0.25) is 11.8 Å². The highest BCUT2D eigenvalue weighted by atomic mass is 19.4. The van der Waals surface area contributed by atoms with Crippen molar-refractivity contribution in [3.8, 4) is 0 Å². The van der Waals surface area contributed by atoms with E-state index in [1.54, 1.807) is 31.3 Å². The number of nitrogens with one attached hydrogen (secondary N) is 1. The van der Waals surface area contributed by atoms with E-state index in [2.05, 4.69) is 23.9 Å². The van der Waals surface area contributed by atoms with Crippen LogP contribution in [-0.2, 0) is 55.9 Å². The number of rotatable bonds is 20. The number of aliphatic hydroxyl groups excluding tert-OH is 1. The quantitative estimate of drug-likeness (QED) is 0.0999. The number of likely N-dealkylation sites (N-methyl/N-ethyl adjacent to an activating group) is 1. The highest BCUT2D eigenvalue weighted by molar-refractivity contribution is 5.96. The van der Waals surface area contributed by atoms with Crippen molar-refractivity contribution in [3.63, 3.8) is 0 Å². The van der Waals surface area contributed by atoms with Crippen LogP contribution >= 0.6 is 0 Å². The number of unbranched alkanes of at least 4 members (excludes halogenated alkanes) is 4. The van der Waals surface area contributed by atoms with Gasteiger partial charge in [0.25, 0.3) is 0 Å². The molecule has 2 aromatic rings. The van der Waals surface area contributed by atoms with Gasteiger partial charge >= 0.3 is 18.1 Å². The van der Waals surface area contributed by atoms with Crippen LogP contribution < -0.4 is 5.32 Å². The molecule has 60 heavy (non-hydrogen) atoms. The van der Waals surface area contributed by atoms with Crippen molar-refractivity contribution in [1.29, 1.82) is 0 Å². The number of carbonyl (C=O) groups is 4. The zero-order valence-corrected chi connectivity index (χ0v) is 34.4. The molecule has 6 rings (SSSR count). The average Bonchev–Trinajstić information content (AvgIpc) is 3.79. The van der Waals surface area contributed by atoms with E-state index in [-0.39, 0.29) is 32.5 Å². The minimum Gasteiger partial charge on any atom is -0.458 e. The molecule has 3 saturated heterocycles. The summed E-state index contributed by atoms with van der Waals surface area (Å²) in [4.78, 5) is 63.6. The van der Waals surface area contributed by atoms with Crippen molar-refractivity contribution >= 4 is 29.8 Å². The van der Waals surface area contributed by atoms with E-state index in [0.717, 1.165) is 50.2 Å². The molecule has 2 aromatic carbocycles. The van der Waals surface area contributed by atoms with E-state index in [0.29, 0.717) is 24.0 Å². The lowest BCUT2D eigenvalue weighted by Gasteiger charge is -2.50. The van der Waals surface area contributed by atoms with Crippen molar-refractivity contribution in [2.45, 2.75) is 133 Å². The van der Waals surface area contributed by atoms with Gasteiger partial charge in [-0.3, -0.25) is 19.2 Å². The molecule has 13 nitrogen and oxygen atoms in total. The summed E-state index contributed by atoms with van der Waals surface area (Å²) in [6.07, 6.45) is 1.29. The highest BCUT2D eigenvalue weighted by Gasteiger charge is 2.76. The summed E-state index contributed by atoms with van der Waals surface area (Å²) in [5, 5.41) is 13.7. The SMILES string of the molecule is CCCCCC1(CCCCC)O[C@@H]2[C@H]3ON(Cc4ccc(C=CC(=O)OCC(F)(F)F)cc4)[C@H]4C(=O)OC(CC34C(=O)N(C)[C@H](Cc3ccccc3)C(=O)NCCO)[C@@H]2O1. The van der Waals surface area contributed by atoms with Crippen molar-refractivity contribution in [1.82, 2.24) is 15.3 Å². The maximum absolute atomic E-state index is 15.5. The molecule has 4 aliphatic rings. The van der Waals surface area contributed by atoms with Gasteiger partial charge in [-0.05, 0) is 35.6 Å². The lowest BCUT2D eigenvalue weighted by molar-refractivity contribution is -0.225. The van der Waals surface area contributed by atoms with E-state index < -0.39 is 84.2 Å². The monoisotopic (exact) mass is 843 g/mol. The molecule has 1 aliphatic carbocycles. The smallest absolute Gasteiger partial charge is 0.422 e. The van der Waals surface area contributed by atoms with Gasteiger partial charge in [0.15, 0.2) is 18.4 Å². The Balaban J connectivity index is 1.34. The van der Waals surface area contributed by atoms with Gasteiger partial charge in [-0.15, -0.1) is 0 Å². The maximum atomic E-state index is 15.5. The second kappa shape index (κ2) is 19.6. The lowest BCUT2D eigenvalue weighted by Crippen LogP contribution is -2.70. The van der Waals surface area contributed by atoms with Gasteiger partial charge in [0, 0.05) is 45.4 Å². The van der Waals surface area contributed by atoms with Crippen molar-refractivity contribution in [2.75, 3.05) is 26.8 Å². The minimum atomic E-state index is -4.65. The minimum absolute atomic E-state index is 0.0120. The number of ether oxygens (including phenoxy) is 4. The van der Waals surface area contributed by atoms with Crippen LogP contribution in [0.5, 0.6) is 0 Å². The summed E-state index contributed by atoms with van der Waals surface area (Å²) in [6, 6.07) is 13.7. The standard InChI is InChI=1S/C44H56F3N3O10/c1-4-6-11-21-42(22-12-7-5-2)58-35-33-26-43(41(55)49(3)32(39(53)48-23-24-51)25-30-13-9-8-10-14-30)37(40(54)57-33)50(60-38(43)36(35)59-42)27-31-17-15-29(16-18-31)19-20-34(52)56-28-44(45,46)47/h8-10,13-20,32-33,35-38,51H,4-7,11-12,21-28H2,1-3H3,(H,48,53)/t32-,33?,35+,36+,37+,38-,43?/m1/s1. The Bertz CT molecular complexity index is 1820. The second-order valence-electron chi connectivity index (χ2n) is 16.1. The molecule has 2 unspecified atom stereocenters. The van der Waals surface area contributed by atoms with Gasteiger partial charge in [-0.2, -0.15) is 18.2 Å². The molecule has 2 amide bonds. The number of amides is 2. The van der Waals surface area contributed by atoms with Gasteiger partial charge in [0.1, 0.15) is 35.9 Å². The molecule has 0 spiro atoms. The number of alkyl halides is 3. The first-order valence-electron chi connectivity index (χ1n) is 20.9. The van der Waals surface area contributed by atoms with Crippen LogP contribution in [0.2, 0.25) is 0 Å². The summed E-state index contributed by atoms with van der Waals surface area (Å²) in [5.74, 6) is -3.76. The molecule has 16 heteroatoms. The lowest BCUT2D eigenvalue weighted by atomic mass is 9.62. The summed E-state index contributed by atoms with van der Waals surface area (Å²) in [6.45, 7) is 2.24. The average molecular weight is 844 g/mol.